The zero-order valence-corrected chi connectivity index (χ0v) is 17.1. The summed E-state index contributed by atoms with van der Waals surface area (Å²) in [5.74, 6) is -0.653. The number of halogens is 1. The van der Waals surface area contributed by atoms with E-state index >= 15 is 0 Å². The van der Waals surface area contributed by atoms with E-state index in [2.05, 4.69) is 15.5 Å². The van der Waals surface area contributed by atoms with E-state index in [1.165, 1.54) is 17.4 Å². The van der Waals surface area contributed by atoms with Gasteiger partial charge < -0.3 is 10.2 Å². The Morgan fingerprint density at radius 1 is 1.10 bits per heavy atom. The topological polar surface area (TPSA) is 75.2 Å². The van der Waals surface area contributed by atoms with Gasteiger partial charge in [-0.2, -0.15) is 0 Å². The van der Waals surface area contributed by atoms with Crippen molar-refractivity contribution in [2.75, 3.05) is 19.6 Å². The second-order valence-electron chi connectivity index (χ2n) is 7.15. The van der Waals surface area contributed by atoms with Gasteiger partial charge in [0.15, 0.2) is 5.01 Å². The van der Waals surface area contributed by atoms with Gasteiger partial charge in [-0.15, -0.1) is 10.2 Å². The van der Waals surface area contributed by atoms with Gasteiger partial charge in [-0.25, -0.2) is 4.39 Å². The lowest BCUT2D eigenvalue weighted by Crippen LogP contribution is -2.44. The molecule has 3 aromatic rings. The van der Waals surface area contributed by atoms with Crippen LogP contribution in [0.2, 0.25) is 0 Å². The maximum absolute atomic E-state index is 14.0. The first kappa shape index (κ1) is 20.2. The standard InChI is InChI=1S/C22H21FN4O2S/c23-18-11-5-4-10-17(18)22-26-25-21(30-22)16-9-6-12-27(14-16)19(28)13-24-20(29)15-7-2-1-3-8-15/h1-5,7-8,10-11,16H,6,9,12-14H2,(H,24,29). The van der Waals surface area contributed by atoms with Crippen LogP contribution < -0.4 is 5.32 Å². The van der Waals surface area contributed by atoms with E-state index in [1.807, 2.05) is 6.07 Å². The third-order valence-electron chi connectivity index (χ3n) is 5.10. The number of piperidine rings is 1. The largest absolute Gasteiger partial charge is 0.343 e. The Labute approximate surface area is 177 Å². The molecule has 154 valence electrons. The maximum Gasteiger partial charge on any atom is 0.251 e. The lowest BCUT2D eigenvalue weighted by Gasteiger charge is -2.31. The molecular weight excluding hydrogens is 403 g/mol. The number of hydrogen-bond donors (Lipinski definition) is 1. The molecule has 1 unspecified atom stereocenters. The van der Waals surface area contributed by atoms with Crippen molar-refractivity contribution in [3.05, 3.63) is 71.0 Å². The van der Waals surface area contributed by atoms with Crippen LogP contribution in [-0.4, -0.2) is 46.5 Å². The molecule has 2 amide bonds. The predicted molar refractivity (Wildman–Crippen MR) is 113 cm³/mol. The summed E-state index contributed by atoms with van der Waals surface area (Å²) in [6.07, 6.45) is 1.74. The van der Waals surface area contributed by atoms with Crippen LogP contribution in [0.4, 0.5) is 4.39 Å². The van der Waals surface area contributed by atoms with Crippen LogP contribution in [0.15, 0.2) is 54.6 Å². The second kappa shape index (κ2) is 9.13. The molecule has 1 atom stereocenters. The van der Waals surface area contributed by atoms with Crippen molar-refractivity contribution in [2.45, 2.75) is 18.8 Å². The van der Waals surface area contributed by atoms with Crippen molar-refractivity contribution in [3.63, 3.8) is 0 Å². The number of rotatable bonds is 5. The first-order valence-electron chi connectivity index (χ1n) is 9.81. The number of hydrogen-bond acceptors (Lipinski definition) is 5. The Morgan fingerprint density at radius 2 is 1.87 bits per heavy atom. The third kappa shape index (κ3) is 4.54. The fourth-order valence-electron chi connectivity index (χ4n) is 3.51. The van der Waals surface area contributed by atoms with Gasteiger partial charge in [-0.1, -0.05) is 41.7 Å². The summed E-state index contributed by atoms with van der Waals surface area (Å²) in [7, 11) is 0. The van der Waals surface area contributed by atoms with E-state index in [0.29, 0.717) is 29.2 Å². The Hall–Kier alpha value is -3.13. The van der Waals surface area contributed by atoms with Gasteiger partial charge in [0.2, 0.25) is 5.91 Å². The van der Waals surface area contributed by atoms with Gasteiger partial charge in [0.25, 0.3) is 5.91 Å². The molecule has 8 heteroatoms. The van der Waals surface area contributed by atoms with Crippen LogP contribution in [0.3, 0.4) is 0 Å². The van der Waals surface area contributed by atoms with Crippen LogP contribution in [0.5, 0.6) is 0 Å². The van der Waals surface area contributed by atoms with Crippen LogP contribution >= 0.6 is 11.3 Å². The Kier molecular flexibility index (Phi) is 6.13. The number of likely N-dealkylation sites (tertiary alicyclic amines) is 1. The molecule has 1 N–H and O–H groups in total. The fourth-order valence-corrected chi connectivity index (χ4v) is 4.50. The normalized spacial score (nSPS) is 16.3. The number of amides is 2. The SMILES string of the molecule is O=C(NCC(=O)N1CCCC(c2nnc(-c3ccccc3F)s2)C1)c1ccccc1. The van der Waals surface area contributed by atoms with Crippen molar-refractivity contribution in [1.82, 2.24) is 20.4 Å². The lowest BCUT2D eigenvalue weighted by molar-refractivity contribution is -0.131. The van der Waals surface area contributed by atoms with E-state index < -0.39 is 0 Å². The highest BCUT2D eigenvalue weighted by atomic mass is 32.1. The molecule has 0 radical (unpaired) electrons. The second-order valence-corrected chi connectivity index (χ2v) is 8.16. The van der Waals surface area contributed by atoms with Gasteiger partial charge in [0.05, 0.1) is 6.54 Å². The molecule has 1 aliphatic heterocycles. The number of nitrogens with zero attached hydrogens (tertiary/aromatic N) is 3. The Bertz CT molecular complexity index is 1040. The van der Waals surface area contributed by atoms with E-state index in [-0.39, 0.29) is 30.1 Å². The number of carbonyl (C=O) groups excluding carboxylic acids is 2. The highest BCUT2D eigenvalue weighted by molar-refractivity contribution is 7.14. The minimum absolute atomic E-state index is 0.0446. The van der Waals surface area contributed by atoms with Gasteiger partial charge >= 0.3 is 0 Å². The van der Waals surface area contributed by atoms with E-state index in [9.17, 15) is 14.0 Å². The van der Waals surface area contributed by atoms with Gasteiger partial charge in [0, 0.05) is 30.1 Å². The molecule has 1 aromatic heterocycles. The van der Waals surface area contributed by atoms with Crippen molar-refractivity contribution in [3.8, 4) is 10.6 Å². The minimum Gasteiger partial charge on any atom is -0.343 e. The molecule has 0 spiro atoms. The Balaban J connectivity index is 1.37. The summed E-state index contributed by atoms with van der Waals surface area (Å²) in [5.41, 5.74) is 0.963. The number of nitrogens with one attached hydrogen (secondary N) is 1. The van der Waals surface area contributed by atoms with Crippen LogP contribution in [-0.2, 0) is 4.79 Å². The first-order valence-corrected chi connectivity index (χ1v) is 10.6. The molecule has 1 saturated heterocycles. The molecule has 0 bridgehead atoms. The summed E-state index contributed by atoms with van der Waals surface area (Å²) in [4.78, 5) is 26.5. The third-order valence-corrected chi connectivity index (χ3v) is 6.22. The quantitative estimate of drug-likeness (QED) is 0.681. The number of carbonyl (C=O) groups is 2. The molecule has 1 aliphatic rings. The number of benzene rings is 2. The van der Waals surface area contributed by atoms with Gasteiger partial charge in [0.1, 0.15) is 10.8 Å². The van der Waals surface area contributed by atoms with E-state index in [0.717, 1.165) is 17.8 Å². The highest BCUT2D eigenvalue weighted by Gasteiger charge is 2.27. The molecule has 6 nitrogen and oxygen atoms in total. The minimum atomic E-state index is -0.324. The van der Waals surface area contributed by atoms with Crippen molar-refractivity contribution >= 4 is 23.2 Å². The monoisotopic (exact) mass is 424 g/mol. The van der Waals surface area contributed by atoms with Crippen LogP contribution in [0.25, 0.3) is 10.6 Å². The van der Waals surface area contributed by atoms with Crippen molar-refractivity contribution in [2.24, 2.45) is 0 Å². The molecule has 2 aromatic carbocycles. The summed E-state index contributed by atoms with van der Waals surface area (Å²) >= 11 is 1.37. The first-order chi connectivity index (χ1) is 14.6. The smallest absolute Gasteiger partial charge is 0.251 e. The Morgan fingerprint density at radius 3 is 2.67 bits per heavy atom. The zero-order chi connectivity index (χ0) is 20.9. The van der Waals surface area contributed by atoms with E-state index in [1.54, 1.807) is 47.4 Å². The summed E-state index contributed by atoms with van der Waals surface area (Å²) in [5, 5.41) is 12.4. The molecule has 1 fully saturated rings. The van der Waals surface area contributed by atoms with Crippen molar-refractivity contribution in [1.29, 1.82) is 0 Å². The summed E-state index contributed by atoms with van der Waals surface area (Å²) < 4.78 is 14.0. The molecule has 0 saturated carbocycles. The van der Waals surface area contributed by atoms with Gasteiger partial charge in [-0.05, 0) is 37.1 Å². The fraction of sp³-hybridized carbons (Fsp3) is 0.273. The highest BCUT2D eigenvalue weighted by Crippen LogP contribution is 2.33. The van der Waals surface area contributed by atoms with E-state index in [4.69, 9.17) is 0 Å². The molecule has 2 heterocycles. The molecular formula is C22H21FN4O2S. The van der Waals surface area contributed by atoms with Crippen LogP contribution in [0, 0.1) is 5.82 Å². The average Bonchev–Trinajstić information content (AvgIpc) is 3.28. The summed E-state index contributed by atoms with van der Waals surface area (Å²) in [6, 6.07) is 15.3. The predicted octanol–water partition coefficient (Wildman–Crippen LogP) is 3.48. The molecule has 0 aliphatic carbocycles. The van der Waals surface area contributed by atoms with Crippen molar-refractivity contribution < 1.29 is 14.0 Å². The maximum atomic E-state index is 14.0. The molecule has 4 rings (SSSR count). The molecule has 30 heavy (non-hydrogen) atoms. The lowest BCUT2D eigenvalue weighted by atomic mass is 9.99. The zero-order valence-electron chi connectivity index (χ0n) is 16.3. The average molecular weight is 425 g/mol. The number of aromatic nitrogens is 2. The summed E-state index contributed by atoms with van der Waals surface area (Å²) in [6.45, 7) is 1.12. The van der Waals surface area contributed by atoms with Crippen LogP contribution in [0.1, 0.15) is 34.1 Å². The van der Waals surface area contributed by atoms with Gasteiger partial charge in [-0.3, -0.25) is 9.59 Å².